The molecule has 7 nitrogen and oxygen atoms in total. The lowest BCUT2D eigenvalue weighted by Gasteiger charge is -2.10. The van der Waals surface area contributed by atoms with Gasteiger partial charge in [-0.2, -0.15) is 0 Å². The van der Waals surface area contributed by atoms with E-state index in [0.29, 0.717) is 35.6 Å². The summed E-state index contributed by atoms with van der Waals surface area (Å²) in [6, 6.07) is 7.62. The van der Waals surface area contributed by atoms with Crippen molar-refractivity contribution in [3.05, 3.63) is 48.6 Å². The van der Waals surface area contributed by atoms with Crippen LogP contribution in [-0.4, -0.2) is 39.7 Å². The van der Waals surface area contributed by atoms with Gasteiger partial charge in [0, 0.05) is 12.5 Å². The lowest BCUT2D eigenvalue weighted by atomic mass is 10.1. The Bertz CT molecular complexity index is 1020. The van der Waals surface area contributed by atoms with E-state index in [1.165, 1.54) is 11.8 Å². The van der Waals surface area contributed by atoms with Gasteiger partial charge in [0.1, 0.15) is 11.3 Å². The molecule has 136 valence electrons. The van der Waals surface area contributed by atoms with Crippen LogP contribution in [0.3, 0.4) is 0 Å². The summed E-state index contributed by atoms with van der Waals surface area (Å²) in [6.45, 7) is 4.32. The molecule has 1 aromatic carbocycles. The van der Waals surface area contributed by atoms with Gasteiger partial charge in [-0.25, -0.2) is 13.4 Å². The Morgan fingerprint density at radius 2 is 2.19 bits per heavy atom. The number of thioether (sulfide) groups is 1. The van der Waals surface area contributed by atoms with Crippen molar-refractivity contribution in [2.45, 2.75) is 29.8 Å². The zero-order valence-electron chi connectivity index (χ0n) is 14.0. The monoisotopic (exact) mass is 390 g/mol. The predicted molar refractivity (Wildman–Crippen MR) is 99.8 cm³/mol. The predicted octanol–water partition coefficient (Wildman–Crippen LogP) is 2.80. The first kappa shape index (κ1) is 17.3. The van der Waals surface area contributed by atoms with Gasteiger partial charge in [-0.15, -0.1) is 16.8 Å². The number of fused-ring (bicyclic) bond motifs is 1. The van der Waals surface area contributed by atoms with Crippen molar-refractivity contribution in [2.75, 3.05) is 11.5 Å². The van der Waals surface area contributed by atoms with Crippen molar-refractivity contribution >= 4 is 32.7 Å². The molecule has 0 N–H and O–H groups in total. The van der Waals surface area contributed by atoms with Crippen LogP contribution < -0.4 is 0 Å². The molecule has 0 bridgehead atoms. The maximum Gasteiger partial charge on any atom is 0.205 e. The molecule has 2 aromatic heterocycles. The van der Waals surface area contributed by atoms with E-state index in [-0.39, 0.29) is 17.4 Å². The topological polar surface area (TPSA) is 90.9 Å². The lowest BCUT2D eigenvalue weighted by Crippen LogP contribution is -2.11. The average Bonchev–Trinajstić information content (AvgIpc) is 3.29. The van der Waals surface area contributed by atoms with E-state index in [0.717, 1.165) is 11.1 Å². The fraction of sp³-hybridized carbons (Fsp3) is 0.353. The van der Waals surface area contributed by atoms with Gasteiger partial charge in [0.15, 0.2) is 20.6 Å². The van der Waals surface area contributed by atoms with Crippen molar-refractivity contribution in [3.63, 3.8) is 0 Å². The third kappa shape index (κ3) is 3.41. The van der Waals surface area contributed by atoms with E-state index in [1.54, 1.807) is 6.08 Å². The second-order valence-electron chi connectivity index (χ2n) is 6.20. The average molecular weight is 390 g/mol. The van der Waals surface area contributed by atoms with Gasteiger partial charge in [-0.1, -0.05) is 30.0 Å². The SMILES string of the molecule is C=CCn1c(SCc2nc3ccccc3o2)nnc1[C@H]1CCS(=O)(=O)C1. The van der Waals surface area contributed by atoms with Gasteiger partial charge < -0.3 is 8.98 Å². The van der Waals surface area contributed by atoms with Crippen LogP contribution >= 0.6 is 11.8 Å². The number of hydrogen-bond acceptors (Lipinski definition) is 7. The molecule has 9 heteroatoms. The summed E-state index contributed by atoms with van der Waals surface area (Å²) in [7, 11) is -2.97. The van der Waals surface area contributed by atoms with Crippen molar-refractivity contribution in [1.82, 2.24) is 19.7 Å². The number of nitrogens with zero attached hydrogens (tertiary/aromatic N) is 4. The molecule has 0 unspecified atom stereocenters. The summed E-state index contributed by atoms with van der Waals surface area (Å²) in [5, 5.41) is 9.24. The summed E-state index contributed by atoms with van der Waals surface area (Å²) in [5.41, 5.74) is 1.58. The van der Waals surface area contributed by atoms with Gasteiger partial charge >= 0.3 is 0 Å². The van der Waals surface area contributed by atoms with E-state index in [2.05, 4.69) is 21.8 Å². The van der Waals surface area contributed by atoms with Crippen molar-refractivity contribution in [3.8, 4) is 0 Å². The lowest BCUT2D eigenvalue weighted by molar-refractivity contribution is 0.555. The minimum absolute atomic E-state index is 0.105. The van der Waals surface area contributed by atoms with Gasteiger partial charge in [0.2, 0.25) is 5.89 Å². The van der Waals surface area contributed by atoms with Crippen LogP contribution in [0.15, 0.2) is 46.5 Å². The Morgan fingerprint density at radius 3 is 2.92 bits per heavy atom. The molecule has 1 aliphatic rings. The molecular weight excluding hydrogens is 372 g/mol. The number of aromatic nitrogens is 4. The summed E-state index contributed by atoms with van der Waals surface area (Å²) in [6.07, 6.45) is 2.35. The van der Waals surface area contributed by atoms with Crippen molar-refractivity contribution in [2.24, 2.45) is 0 Å². The number of para-hydroxylation sites is 2. The van der Waals surface area contributed by atoms with Crippen LogP contribution in [0, 0.1) is 0 Å². The van der Waals surface area contributed by atoms with E-state index < -0.39 is 9.84 Å². The first-order chi connectivity index (χ1) is 12.6. The molecule has 1 fully saturated rings. The highest BCUT2D eigenvalue weighted by Crippen LogP contribution is 2.31. The second kappa shape index (κ2) is 6.88. The fourth-order valence-corrected chi connectivity index (χ4v) is 5.65. The van der Waals surface area contributed by atoms with Crippen molar-refractivity contribution in [1.29, 1.82) is 0 Å². The highest BCUT2D eigenvalue weighted by Gasteiger charge is 2.33. The molecule has 3 heterocycles. The molecular formula is C17H18N4O3S2. The number of rotatable bonds is 6. The van der Waals surface area contributed by atoms with E-state index in [9.17, 15) is 8.42 Å². The van der Waals surface area contributed by atoms with E-state index >= 15 is 0 Å². The third-order valence-corrected chi connectivity index (χ3v) is 7.04. The molecule has 1 atom stereocenters. The fourth-order valence-electron chi connectivity index (χ4n) is 3.12. The Balaban J connectivity index is 1.55. The van der Waals surface area contributed by atoms with Crippen molar-refractivity contribution < 1.29 is 12.8 Å². The molecule has 0 amide bonds. The quantitative estimate of drug-likeness (QED) is 0.472. The summed E-state index contributed by atoms with van der Waals surface area (Å²) in [4.78, 5) is 4.46. The molecule has 1 aliphatic heterocycles. The zero-order valence-corrected chi connectivity index (χ0v) is 15.7. The Kier molecular flexibility index (Phi) is 4.58. The van der Waals surface area contributed by atoms with E-state index in [1.807, 2.05) is 28.8 Å². The van der Waals surface area contributed by atoms with Crippen LogP contribution in [-0.2, 0) is 22.1 Å². The van der Waals surface area contributed by atoms with Gasteiger partial charge in [-0.05, 0) is 18.6 Å². The first-order valence-corrected chi connectivity index (χ1v) is 11.1. The molecule has 0 radical (unpaired) electrons. The van der Waals surface area contributed by atoms with Crippen LogP contribution in [0.2, 0.25) is 0 Å². The molecule has 26 heavy (non-hydrogen) atoms. The van der Waals surface area contributed by atoms with E-state index in [4.69, 9.17) is 4.42 Å². The molecule has 0 saturated carbocycles. The molecule has 4 rings (SSSR count). The minimum Gasteiger partial charge on any atom is -0.440 e. The van der Waals surface area contributed by atoms with Gasteiger partial charge in [-0.3, -0.25) is 0 Å². The normalized spacial score (nSPS) is 19.2. The molecule has 3 aromatic rings. The molecule has 0 aliphatic carbocycles. The molecule has 0 spiro atoms. The number of sulfone groups is 1. The molecule has 1 saturated heterocycles. The highest BCUT2D eigenvalue weighted by atomic mass is 32.2. The maximum absolute atomic E-state index is 11.8. The Labute approximate surface area is 155 Å². The number of benzene rings is 1. The largest absolute Gasteiger partial charge is 0.440 e. The van der Waals surface area contributed by atoms with Gasteiger partial charge in [0.25, 0.3) is 0 Å². The minimum atomic E-state index is -2.97. The zero-order chi connectivity index (χ0) is 18.1. The summed E-state index contributed by atoms with van der Waals surface area (Å²) in [5.74, 6) is 2.10. The smallest absolute Gasteiger partial charge is 0.205 e. The Morgan fingerprint density at radius 1 is 1.35 bits per heavy atom. The summed E-state index contributed by atoms with van der Waals surface area (Å²) < 4.78 is 31.2. The summed E-state index contributed by atoms with van der Waals surface area (Å²) >= 11 is 1.47. The van der Waals surface area contributed by atoms with Crippen LogP contribution in [0.1, 0.15) is 24.1 Å². The first-order valence-electron chi connectivity index (χ1n) is 8.27. The number of allylic oxidation sites excluding steroid dienone is 1. The maximum atomic E-state index is 11.8. The standard InChI is InChI=1S/C17H18N4O3S2/c1-2-8-21-16(12-7-9-26(22,23)11-12)19-20-17(21)25-10-15-18-13-5-3-4-6-14(13)24-15/h2-6,12H,1,7-11H2/t12-/m0/s1. The highest BCUT2D eigenvalue weighted by molar-refractivity contribution is 7.98. The third-order valence-electron chi connectivity index (χ3n) is 4.32. The van der Waals surface area contributed by atoms with Crippen LogP contribution in [0.5, 0.6) is 0 Å². The van der Waals surface area contributed by atoms with Gasteiger partial charge in [0.05, 0.1) is 17.3 Å². The second-order valence-corrected chi connectivity index (χ2v) is 9.38. The number of hydrogen-bond donors (Lipinski definition) is 0. The van der Waals surface area contributed by atoms with Crippen LogP contribution in [0.25, 0.3) is 11.1 Å². The van der Waals surface area contributed by atoms with Crippen LogP contribution in [0.4, 0.5) is 0 Å². The Hall–Kier alpha value is -2.13. The number of oxazole rings is 1.